The highest BCUT2D eigenvalue weighted by molar-refractivity contribution is 5.69. The summed E-state index contributed by atoms with van der Waals surface area (Å²) >= 11 is 0. The van der Waals surface area contributed by atoms with E-state index in [1.807, 2.05) is 0 Å². The van der Waals surface area contributed by atoms with Gasteiger partial charge in [0.1, 0.15) is 5.60 Å². The molecule has 21 heavy (non-hydrogen) atoms. The minimum atomic E-state index is -4.61. The van der Waals surface area contributed by atoms with Crippen molar-refractivity contribution in [3.05, 3.63) is 11.7 Å². The topological polar surface area (TPSA) is 68.5 Å². The van der Waals surface area contributed by atoms with Crippen molar-refractivity contribution in [2.45, 2.75) is 39.0 Å². The first kappa shape index (κ1) is 15.6. The fourth-order valence-electron chi connectivity index (χ4n) is 1.87. The molecule has 0 aliphatic carbocycles. The average Bonchev–Trinajstić information content (AvgIpc) is 2.67. The number of amides is 1. The number of carbonyl (C=O) groups excluding carboxylic acids is 1. The highest BCUT2D eigenvalue weighted by Gasteiger charge is 2.39. The summed E-state index contributed by atoms with van der Waals surface area (Å²) in [4.78, 5) is 16.5. The molecule has 1 aromatic rings. The Morgan fingerprint density at radius 2 is 2.00 bits per heavy atom. The van der Waals surface area contributed by atoms with Gasteiger partial charge in [0.2, 0.25) is 5.89 Å². The standard InChI is InChI=1S/C12H16F3N3O3/c1-11(2,3)20-10(19)18-5-7(6-18)4-8-16-9(17-21-8)12(13,14)15/h7H,4-6H2,1-3H3. The van der Waals surface area contributed by atoms with E-state index in [9.17, 15) is 18.0 Å². The van der Waals surface area contributed by atoms with Crippen LogP contribution in [0, 0.1) is 5.92 Å². The van der Waals surface area contributed by atoms with Crippen LogP contribution in [0.2, 0.25) is 0 Å². The molecular formula is C12H16F3N3O3. The van der Waals surface area contributed by atoms with Gasteiger partial charge >= 0.3 is 12.3 Å². The maximum atomic E-state index is 12.3. The number of carbonyl (C=O) groups is 1. The zero-order valence-electron chi connectivity index (χ0n) is 11.9. The molecule has 1 saturated heterocycles. The lowest BCUT2D eigenvalue weighted by atomic mass is 9.97. The molecule has 0 atom stereocenters. The quantitative estimate of drug-likeness (QED) is 0.839. The molecule has 2 heterocycles. The normalized spacial score (nSPS) is 16.8. The smallest absolute Gasteiger partial charge is 0.444 e. The minimum Gasteiger partial charge on any atom is -0.444 e. The summed E-state index contributed by atoms with van der Waals surface area (Å²) in [6, 6.07) is 0. The Bertz CT molecular complexity index is 516. The van der Waals surface area contributed by atoms with E-state index in [-0.39, 0.29) is 18.2 Å². The van der Waals surface area contributed by atoms with E-state index in [0.29, 0.717) is 13.1 Å². The Morgan fingerprint density at radius 1 is 1.38 bits per heavy atom. The Labute approximate surface area is 119 Å². The zero-order chi connectivity index (χ0) is 15.8. The molecule has 9 heteroatoms. The second-order valence-corrected chi connectivity index (χ2v) is 5.96. The number of hydrogen-bond donors (Lipinski definition) is 0. The zero-order valence-corrected chi connectivity index (χ0v) is 11.9. The van der Waals surface area contributed by atoms with E-state index in [1.165, 1.54) is 4.90 Å². The Morgan fingerprint density at radius 3 is 2.48 bits per heavy atom. The van der Waals surface area contributed by atoms with Crippen molar-refractivity contribution >= 4 is 6.09 Å². The third-order valence-electron chi connectivity index (χ3n) is 2.79. The maximum Gasteiger partial charge on any atom is 0.455 e. The van der Waals surface area contributed by atoms with Crippen LogP contribution >= 0.6 is 0 Å². The molecule has 1 aliphatic rings. The summed E-state index contributed by atoms with van der Waals surface area (Å²) < 4.78 is 46.7. The first-order valence-corrected chi connectivity index (χ1v) is 6.42. The molecule has 0 aromatic carbocycles. The molecule has 1 amide bonds. The lowest BCUT2D eigenvalue weighted by Crippen LogP contribution is -2.52. The van der Waals surface area contributed by atoms with Gasteiger partial charge in [-0.15, -0.1) is 0 Å². The van der Waals surface area contributed by atoms with E-state index < -0.39 is 23.7 Å². The molecule has 1 fully saturated rings. The SMILES string of the molecule is CC(C)(C)OC(=O)N1CC(Cc2nc(C(F)(F)F)no2)C1. The molecule has 0 spiro atoms. The van der Waals surface area contributed by atoms with Crippen LogP contribution < -0.4 is 0 Å². The largest absolute Gasteiger partial charge is 0.455 e. The van der Waals surface area contributed by atoms with Crippen LogP contribution in [0.5, 0.6) is 0 Å². The number of rotatable bonds is 2. The number of likely N-dealkylation sites (tertiary alicyclic amines) is 1. The van der Waals surface area contributed by atoms with Crippen molar-refractivity contribution in [3.8, 4) is 0 Å². The number of hydrogen-bond acceptors (Lipinski definition) is 5. The van der Waals surface area contributed by atoms with Crippen LogP contribution in [0.15, 0.2) is 4.52 Å². The highest BCUT2D eigenvalue weighted by atomic mass is 19.4. The van der Waals surface area contributed by atoms with E-state index in [2.05, 4.69) is 14.7 Å². The van der Waals surface area contributed by atoms with Gasteiger partial charge in [-0.1, -0.05) is 5.16 Å². The molecule has 0 N–H and O–H groups in total. The van der Waals surface area contributed by atoms with Crippen LogP contribution in [0.3, 0.4) is 0 Å². The molecular weight excluding hydrogens is 291 g/mol. The first-order valence-electron chi connectivity index (χ1n) is 6.42. The summed E-state index contributed by atoms with van der Waals surface area (Å²) in [6.07, 6.45) is -4.83. The molecule has 0 radical (unpaired) electrons. The number of ether oxygens (including phenoxy) is 1. The lowest BCUT2D eigenvalue weighted by molar-refractivity contribution is -0.146. The van der Waals surface area contributed by atoms with Gasteiger partial charge in [0, 0.05) is 25.4 Å². The van der Waals surface area contributed by atoms with Crippen molar-refractivity contribution in [2.75, 3.05) is 13.1 Å². The molecule has 2 rings (SSSR count). The number of aromatic nitrogens is 2. The van der Waals surface area contributed by atoms with Crippen molar-refractivity contribution < 1.29 is 27.2 Å². The lowest BCUT2D eigenvalue weighted by Gasteiger charge is -2.39. The molecule has 6 nitrogen and oxygen atoms in total. The summed E-state index contributed by atoms with van der Waals surface area (Å²) in [5.41, 5.74) is -0.573. The van der Waals surface area contributed by atoms with Crippen molar-refractivity contribution in [1.82, 2.24) is 15.0 Å². The number of halogens is 3. The molecule has 0 unspecified atom stereocenters. The van der Waals surface area contributed by atoms with Crippen LogP contribution in [-0.4, -0.2) is 39.8 Å². The van der Waals surface area contributed by atoms with Crippen molar-refractivity contribution in [3.63, 3.8) is 0 Å². The Kier molecular flexibility index (Phi) is 3.85. The third-order valence-corrected chi connectivity index (χ3v) is 2.79. The van der Waals surface area contributed by atoms with E-state index >= 15 is 0 Å². The molecule has 1 aromatic heterocycles. The third kappa shape index (κ3) is 4.08. The van der Waals surface area contributed by atoms with Crippen molar-refractivity contribution in [1.29, 1.82) is 0 Å². The predicted molar refractivity (Wildman–Crippen MR) is 64.3 cm³/mol. The predicted octanol–water partition coefficient (Wildman–Crippen LogP) is 2.50. The summed E-state index contributed by atoms with van der Waals surface area (Å²) in [5.74, 6) is -1.35. The van der Waals surface area contributed by atoms with Crippen molar-refractivity contribution in [2.24, 2.45) is 5.92 Å². The van der Waals surface area contributed by atoms with E-state index in [0.717, 1.165) is 0 Å². The van der Waals surface area contributed by atoms with Gasteiger partial charge in [-0.2, -0.15) is 18.2 Å². The van der Waals surface area contributed by atoms with Gasteiger partial charge in [-0.05, 0) is 20.8 Å². The van der Waals surface area contributed by atoms with Crippen LogP contribution in [0.1, 0.15) is 32.5 Å². The van der Waals surface area contributed by atoms with Gasteiger partial charge in [0.05, 0.1) is 0 Å². The fraction of sp³-hybridized carbons (Fsp3) is 0.750. The maximum absolute atomic E-state index is 12.3. The highest BCUT2D eigenvalue weighted by Crippen LogP contribution is 2.28. The second kappa shape index (κ2) is 5.19. The van der Waals surface area contributed by atoms with Crippen LogP contribution in [0.25, 0.3) is 0 Å². The minimum absolute atomic E-state index is 0.000878. The van der Waals surface area contributed by atoms with Gasteiger partial charge < -0.3 is 14.2 Å². The Hall–Kier alpha value is -1.80. The number of nitrogens with zero attached hydrogens (tertiary/aromatic N) is 3. The van der Waals surface area contributed by atoms with E-state index in [4.69, 9.17) is 4.74 Å². The number of alkyl halides is 3. The summed E-state index contributed by atoms with van der Waals surface area (Å²) in [7, 11) is 0. The molecule has 1 aliphatic heterocycles. The van der Waals surface area contributed by atoms with Gasteiger partial charge in [-0.25, -0.2) is 4.79 Å². The van der Waals surface area contributed by atoms with Gasteiger partial charge in [0.25, 0.3) is 5.82 Å². The molecule has 118 valence electrons. The summed E-state index contributed by atoms with van der Waals surface area (Å²) in [5, 5.41) is 2.89. The average molecular weight is 307 g/mol. The Balaban J connectivity index is 1.81. The monoisotopic (exact) mass is 307 g/mol. The van der Waals surface area contributed by atoms with Crippen LogP contribution in [0.4, 0.5) is 18.0 Å². The first-order chi connectivity index (χ1) is 9.54. The van der Waals surface area contributed by atoms with Gasteiger partial charge in [-0.3, -0.25) is 0 Å². The van der Waals surface area contributed by atoms with E-state index in [1.54, 1.807) is 20.8 Å². The molecule has 0 bridgehead atoms. The van der Waals surface area contributed by atoms with Gasteiger partial charge in [0.15, 0.2) is 0 Å². The molecule has 0 saturated carbocycles. The second-order valence-electron chi connectivity index (χ2n) is 5.96. The summed E-state index contributed by atoms with van der Waals surface area (Å²) in [6.45, 7) is 6.09. The van der Waals surface area contributed by atoms with Crippen LogP contribution in [-0.2, 0) is 17.3 Å². The fourth-order valence-corrected chi connectivity index (χ4v) is 1.87.